The summed E-state index contributed by atoms with van der Waals surface area (Å²) in [6, 6.07) is 14.6. The van der Waals surface area contributed by atoms with Gasteiger partial charge in [-0.2, -0.15) is 0 Å². The van der Waals surface area contributed by atoms with Crippen molar-refractivity contribution in [3.8, 4) is 0 Å². The number of nitrogens with one attached hydrogen (secondary N) is 1. The fraction of sp³-hybridized carbons (Fsp3) is 0.0769. The van der Waals surface area contributed by atoms with Gasteiger partial charge >= 0.3 is 0 Å². The zero-order valence-electron chi connectivity index (χ0n) is 9.93. The summed E-state index contributed by atoms with van der Waals surface area (Å²) < 4.78 is 0. The highest BCUT2D eigenvalue weighted by atomic mass is 15.2. The van der Waals surface area contributed by atoms with Crippen LogP contribution in [0.15, 0.2) is 48.5 Å². The van der Waals surface area contributed by atoms with Crippen molar-refractivity contribution in [1.29, 1.82) is 0 Å². The third-order valence-corrected chi connectivity index (χ3v) is 2.73. The molecule has 0 heterocycles. The highest BCUT2D eigenvalue weighted by Gasteiger charge is 2.22. The van der Waals surface area contributed by atoms with Gasteiger partial charge in [-0.05, 0) is 12.1 Å². The lowest BCUT2D eigenvalue weighted by atomic mass is 10.1. The van der Waals surface area contributed by atoms with Crippen molar-refractivity contribution in [2.75, 3.05) is 16.8 Å². The quantitative estimate of drug-likeness (QED) is 0.407. The van der Waals surface area contributed by atoms with Gasteiger partial charge in [0.2, 0.25) is 0 Å². The fourth-order valence-electron chi connectivity index (χ4n) is 1.70. The summed E-state index contributed by atoms with van der Waals surface area (Å²) >= 11 is 0. The molecule has 0 amide bonds. The second-order valence-electron chi connectivity index (χ2n) is 4.17. The van der Waals surface area contributed by atoms with Crippen LogP contribution in [0.1, 0.15) is 5.56 Å². The molecule has 2 aromatic carbocycles. The molecule has 5 nitrogen and oxygen atoms in total. The molecule has 2 aromatic rings. The number of para-hydroxylation sites is 1. The van der Waals surface area contributed by atoms with Gasteiger partial charge in [-0.15, -0.1) is 0 Å². The Kier molecular flexibility index (Phi) is 3.10. The van der Waals surface area contributed by atoms with Gasteiger partial charge in [-0.25, -0.2) is 0 Å². The molecule has 9 N–H and O–H groups in total. The molecule has 18 heavy (non-hydrogen) atoms. The first-order valence-electron chi connectivity index (χ1n) is 5.56. The molecule has 0 atom stereocenters. The van der Waals surface area contributed by atoms with Crippen molar-refractivity contribution in [2.45, 2.75) is 5.79 Å². The highest BCUT2D eigenvalue weighted by Crippen LogP contribution is 2.27. The number of hydrogen-bond donors (Lipinski definition) is 5. The van der Waals surface area contributed by atoms with E-state index in [1.165, 1.54) is 0 Å². The summed E-state index contributed by atoms with van der Waals surface area (Å²) in [5.74, 6) is -1.21. The van der Waals surface area contributed by atoms with E-state index in [0.29, 0.717) is 17.1 Å². The Hall–Kier alpha value is -2.24. The van der Waals surface area contributed by atoms with Crippen molar-refractivity contribution < 1.29 is 0 Å². The van der Waals surface area contributed by atoms with Gasteiger partial charge in [-0.1, -0.05) is 36.4 Å². The molecule has 0 aromatic heterocycles. The fourth-order valence-corrected chi connectivity index (χ4v) is 1.70. The van der Waals surface area contributed by atoms with Gasteiger partial charge in [-0.3, -0.25) is 11.5 Å². The predicted octanol–water partition coefficient (Wildman–Crippen LogP) is 0.991. The smallest absolute Gasteiger partial charge is 0.165 e. The minimum atomic E-state index is -1.21. The molecular weight excluding hydrogens is 226 g/mol. The van der Waals surface area contributed by atoms with E-state index >= 15 is 0 Å². The third kappa shape index (κ3) is 2.37. The van der Waals surface area contributed by atoms with Crippen LogP contribution in [0.3, 0.4) is 0 Å². The summed E-state index contributed by atoms with van der Waals surface area (Å²) in [4.78, 5) is 0. The molecular formula is C13H17N5. The molecule has 0 bridgehead atoms. The number of benzene rings is 2. The minimum absolute atomic E-state index is 0.439. The van der Waals surface area contributed by atoms with Crippen LogP contribution in [0.2, 0.25) is 0 Å². The van der Waals surface area contributed by atoms with Crippen molar-refractivity contribution >= 4 is 17.1 Å². The summed E-state index contributed by atoms with van der Waals surface area (Å²) in [5.41, 5.74) is 26.0. The zero-order valence-corrected chi connectivity index (χ0v) is 9.93. The van der Waals surface area contributed by atoms with Crippen LogP contribution in [-0.4, -0.2) is 0 Å². The molecule has 0 aliphatic heterocycles. The van der Waals surface area contributed by atoms with Crippen molar-refractivity contribution in [2.24, 2.45) is 11.5 Å². The molecule has 0 aliphatic rings. The van der Waals surface area contributed by atoms with Crippen molar-refractivity contribution in [3.05, 3.63) is 54.1 Å². The standard InChI is InChI=1S/C13H17N5/c14-10-7-4-8-11(12(10)15)18-13(16,17)9-5-2-1-3-6-9/h1-8,18H,14-17H2. The monoisotopic (exact) mass is 243 g/mol. The van der Waals surface area contributed by atoms with E-state index in [0.717, 1.165) is 5.56 Å². The van der Waals surface area contributed by atoms with E-state index < -0.39 is 5.79 Å². The van der Waals surface area contributed by atoms with Crippen LogP contribution >= 0.6 is 0 Å². The Morgan fingerprint density at radius 2 is 1.50 bits per heavy atom. The van der Waals surface area contributed by atoms with E-state index in [9.17, 15) is 0 Å². The summed E-state index contributed by atoms with van der Waals surface area (Å²) in [6.45, 7) is 0. The Morgan fingerprint density at radius 1 is 0.833 bits per heavy atom. The topological polar surface area (TPSA) is 116 Å². The average molecular weight is 243 g/mol. The minimum Gasteiger partial charge on any atom is -0.397 e. The molecule has 0 aliphatic carbocycles. The molecule has 0 unspecified atom stereocenters. The van der Waals surface area contributed by atoms with Gasteiger partial charge in [0.25, 0.3) is 0 Å². The van der Waals surface area contributed by atoms with Crippen molar-refractivity contribution in [1.82, 2.24) is 0 Å². The first-order chi connectivity index (χ1) is 8.50. The molecule has 0 fully saturated rings. The van der Waals surface area contributed by atoms with E-state index in [4.69, 9.17) is 22.9 Å². The molecule has 5 heteroatoms. The van der Waals surface area contributed by atoms with Crippen LogP contribution in [0.25, 0.3) is 0 Å². The molecule has 0 saturated carbocycles. The van der Waals surface area contributed by atoms with Crippen LogP contribution in [0, 0.1) is 0 Å². The second kappa shape index (κ2) is 4.56. The van der Waals surface area contributed by atoms with Gasteiger partial charge < -0.3 is 16.8 Å². The second-order valence-corrected chi connectivity index (χ2v) is 4.17. The van der Waals surface area contributed by atoms with E-state index in [1.807, 2.05) is 30.3 Å². The number of rotatable bonds is 3. The molecule has 2 rings (SSSR count). The third-order valence-electron chi connectivity index (χ3n) is 2.73. The largest absolute Gasteiger partial charge is 0.397 e. The van der Waals surface area contributed by atoms with Crippen LogP contribution in [-0.2, 0) is 5.79 Å². The molecule has 0 saturated heterocycles. The Balaban J connectivity index is 2.31. The van der Waals surface area contributed by atoms with Crippen LogP contribution < -0.4 is 28.3 Å². The molecule has 0 radical (unpaired) electrons. The Labute approximate surface area is 106 Å². The zero-order chi connectivity index (χ0) is 13.2. The predicted molar refractivity (Wildman–Crippen MR) is 75.4 cm³/mol. The maximum Gasteiger partial charge on any atom is 0.165 e. The number of hydrogen-bond acceptors (Lipinski definition) is 5. The lowest BCUT2D eigenvalue weighted by Crippen LogP contribution is -2.53. The lowest BCUT2D eigenvalue weighted by Gasteiger charge is -2.28. The number of nitrogen functional groups attached to an aromatic ring is 2. The highest BCUT2D eigenvalue weighted by molar-refractivity contribution is 5.79. The van der Waals surface area contributed by atoms with E-state index in [1.54, 1.807) is 18.2 Å². The first-order valence-corrected chi connectivity index (χ1v) is 5.56. The van der Waals surface area contributed by atoms with Crippen molar-refractivity contribution in [3.63, 3.8) is 0 Å². The van der Waals surface area contributed by atoms with Gasteiger partial charge in [0.05, 0.1) is 17.1 Å². The maximum atomic E-state index is 6.06. The van der Waals surface area contributed by atoms with Gasteiger partial charge in [0.15, 0.2) is 5.79 Å². The summed E-state index contributed by atoms with van der Waals surface area (Å²) in [6.07, 6.45) is 0. The van der Waals surface area contributed by atoms with Crippen LogP contribution in [0.4, 0.5) is 17.1 Å². The van der Waals surface area contributed by atoms with E-state index in [-0.39, 0.29) is 0 Å². The lowest BCUT2D eigenvalue weighted by molar-refractivity contribution is 0.539. The normalized spacial score (nSPS) is 11.2. The summed E-state index contributed by atoms with van der Waals surface area (Å²) in [7, 11) is 0. The van der Waals surface area contributed by atoms with Gasteiger partial charge in [0.1, 0.15) is 0 Å². The Bertz CT molecular complexity index is 536. The molecule has 94 valence electrons. The Morgan fingerprint density at radius 3 is 2.17 bits per heavy atom. The van der Waals surface area contributed by atoms with Gasteiger partial charge in [0, 0.05) is 5.56 Å². The van der Waals surface area contributed by atoms with E-state index in [2.05, 4.69) is 5.32 Å². The molecule has 0 spiro atoms. The maximum absolute atomic E-state index is 6.06. The number of anilines is 3. The first kappa shape index (κ1) is 12.2. The number of nitrogens with two attached hydrogens (primary N) is 4. The van der Waals surface area contributed by atoms with Crippen LogP contribution in [0.5, 0.6) is 0 Å². The summed E-state index contributed by atoms with van der Waals surface area (Å²) in [5, 5.41) is 2.99. The average Bonchev–Trinajstić information content (AvgIpc) is 2.36. The SMILES string of the molecule is Nc1cccc(NC(N)(N)c2ccccc2)c1N.